The molecule has 0 atom stereocenters. The van der Waals surface area contributed by atoms with Crippen LogP contribution in [0, 0.1) is 6.54 Å². The van der Waals surface area contributed by atoms with E-state index in [1.165, 1.54) is 6.54 Å². The molecule has 0 rings (SSSR count). The fraction of sp³-hybridized carbons (Fsp3) is 0.333. The summed E-state index contributed by atoms with van der Waals surface area (Å²) < 4.78 is 0. The van der Waals surface area contributed by atoms with E-state index >= 15 is 0 Å². The Bertz CT molecular complexity index is 28.1. The summed E-state index contributed by atoms with van der Waals surface area (Å²) in [5.74, 6) is 0. The van der Waals surface area contributed by atoms with Gasteiger partial charge in [-0.25, -0.2) is 0 Å². The van der Waals surface area contributed by atoms with E-state index in [9.17, 15) is 4.79 Å². The summed E-state index contributed by atoms with van der Waals surface area (Å²) in [6.45, 7) is 1.32. The van der Waals surface area contributed by atoms with Gasteiger partial charge < -0.3 is 10.1 Å². The van der Waals surface area contributed by atoms with E-state index in [0.717, 1.165) is 0 Å². The molecule has 5 heavy (non-hydrogen) atoms. The highest BCUT2D eigenvalue weighted by molar-refractivity contribution is 5.59. The Kier molecular flexibility index (Phi) is 3.36. The van der Waals surface area contributed by atoms with Crippen molar-refractivity contribution in [3.8, 4) is 0 Å². The van der Waals surface area contributed by atoms with Crippen LogP contribution in [0.2, 0.25) is 0 Å². The molecular formula is C3H6NO. The van der Waals surface area contributed by atoms with E-state index < -0.39 is 0 Å². The van der Waals surface area contributed by atoms with Crippen molar-refractivity contribution in [1.29, 1.82) is 0 Å². The number of rotatable bonds is 2. The third kappa shape index (κ3) is 3.63. The molecule has 0 heterocycles. The largest absolute Gasteiger partial charge is 0.309 e. The Hall–Kier alpha value is -0.370. The molecule has 0 aliphatic carbocycles. The van der Waals surface area contributed by atoms with Gasteiger partial charge in [0, 0.05) is 0 Å². The first-order chi connectivity index (χ1) is 2.41. The Balaban J connectivity index is 2.40. The molecule has 0 spiro atoms. The predicted octanol–water partition coefficient (Wildman–Crippen LogP) is -0.434. The predicted molar refractivity (Wildman–Crippen MR) is 19.4 cm³/mol. The average molecular weight is 72.1 g/mol. The van der Waals surface area contributed by atoms with Gasteiger partial charge in [0.1, 0.15) is 6.29 Å². The van der Waals surface area contributed by atoms with E-state index in [2.05, 4.69) is 5.32 Å². The summed E-state index contributed by atoms with van der Waals surface area (Å²) in [7, 11) is 1.68. The van der Waals surface area contributed by atoms with Crippen molar-refractivity contribution in [2.45, 2.75) is 0 Å². The van der Waals surface area contributed by atoms with Crippen molar-refractivity contribution in [3.05, 3.63) is 6.54 Å². The summed E-state index contributed by atoms with van der Waals surface area (Å²) in [5.41, 5.74) is 0. The Morgan fingerprint density at radius 3 is 2.40 bits per heavy atom. The summed E-state index contributed by atoms with van der Waals surface area (Å²) in [6.07, 6.45) is 0.694. The highest BCUT2D eigenvalue weighted by atomic mass is 16.1. The van der Waals surface area contributed by atoms with Gasteiger partial charge in [0.2, 0.25) is 0 Å². The molecule has 0 aromatic rings. The topological polar surface area (TPSA) is 29.1 Å². The van der Waals surface area contributed by atoms with Crippen molar-refractivity contribution in [3.63, 3.8) is 0 Å². The molecule has 0 unspecified atom stereocenters. The number of hydrogen-bond donors (Lipinski definition) is 1. The van der Waals surface area contributed by atoms with Crippen molar-refractivity contribution >= 4 is 6.29 Å². The normalized spacial score (nSPS) is 7.40. The highest BCUT2D eigenvalue weighted by Crippen LogP contribution is 1.44. The molecule has 0 aliphatic rings. The van der Waals surface area contributed by atoms with E-state index in [1.807, 2.05) is 0 Å². The minimum Gasteiger partial charge on any atom is -0.309 e. The third-order valence-corrected chi connectivity index (χ3v) is 0.235. The lowest BCUT2D eigenvalue weighted by Gasteiger charge is -1.74. The zero-order valence-corrected chi connectivity index (χ0v) is 3.06. The lowest BCUT2D eigenvalue weighted by Crippen LogP contribution is -1.99. The molecule has 0 saturated heterocycles. The van der Waals surface area contributed by atoms with Crippen molar-refractivity contribution < 1.29 is 4.79 Å². The van der Waals surface area contributed by atoms with Gasteiger partial charge in [-0.3, -0.25) is 0 Å². The Morgan fingerprint density at radius 2 is 2.40 bits per heavy atom. The quantitative estimate of drug-likeness (QED) is 0.448. The molecule has 0 aromatic carbocycles. The molecule has 2 heteroatoms. The zero-order chi connectivity index (χ0) is 4.12. The maximum atomic E-state index is 9.29. The number of carbonyl (C=O) groups excluding carboxylic acids is 1. The van der Waals surface area contributed by atoms with E-state index in [-0.39, 0.29) is 0 Å². The number of nitrogens with one attached hydrogen (secondary N) is 1. The molecule has 0 saturated carbocycles. The van der Waals surface area contributed by atoms with Crippen molar-refractivity contribution in [2.75, 3.05) is 7.05 Å². The van der Waals surface area contributed by atoms with Crippen LogP contribution in [0.3, 0.4) is 0 Å². The van der Waals surface area contributed by atoms with Crippen LogP contribution in [0.4, 0.5) is 0 Å². The van der Waals surface area contributed by atoms with E-state index in [1.54, 1.807) is 7.05 Å². The van der Waals surface area contributed by atoms with Crippen molar-refractivity contribution in [1.82, 2.24) is 5.32 Å². The summed E-state index contributed by atoms with van der Waals surface area (Å²) >= 11 is 0. The molecule has 0 aromatic heterocycles. The third-order valence-electron chi connectivity index (χ3n) is 0.235. The standard InChI is InChI=1S/C3H6NO/c1-4-2-3-5/h2-4H,1H3. The van der Waals surface area contributed by atoms with Crippen LogP contribution >= 0.6 is 0 Å². The van der Waals surface area contributed by atoms with Crippen LogP contribution < -0.4 is 5.32 Å². The van der Waals surface area contributed by atoms with Crippen LogP contribution in [0.5, 0.6) is 0 Å². The summed E-state index contributed by atoms with van der Waals surface area (Å²) in [6, 6.07) is 0. The number of hydrogen-bond acceptors (Lipinski definition) is 2. The molecule has 1 N–H and O–H groups in total. The van der Waals surface area contributed by atoms with Crippen molar-refractivity contribution in [2.24, 2.45) is 0 Å². The fourth-order valence-electron chi connectivity index (χ4n) is 0.0680. The van der Waals surface area contributed by atoms with Gasteiger partial charge in [0.05, 0.1) is 6.54 Å². The van der Waals surface area contributed by atoms with E-state index in [0.29, 0.717) is 6.29 Å². The van der Waals surface area contributed by atoms with Crippen LogP contribution in [0.15, 0.2) is 0 Å². The Morgan fingerprint density at radius 1 is 1.80 bits per heavy atom. The smallest absolute Gasteiger partial charge is 0.138 e. The maximum absolute atomic E-state index is 9.29. The second-order valence-corrected chi connectivity index (χ2v) is 0.591. The van der Waals surface area contributed by atoms with Gasteiger partial charge in [-0.15, -0.1) is 0 Å². The minimum atomic E-state index is 0.694. The van der Waals surface area contributed by atoms with E-state index in [4.69, 9.17) is 0 Å². The molecule has 0 bridgehead atoms. The first-order valence-corrected chi connectivity index (χ1v) is 1.36. The highest BCUT2D eigenvalue weighted by Gasteiger charge is 1.64. The molecule has 2 nitrogen and oxygen atoms in total. The summed E-state index contributed by atoms with van der Waals surface area (Å²) in [5, 5.41) is 2.52. The second kappa shape index (κ2) is 3.63. The number of carbonyl (C=O) groups is 1. The molecule has 1 radical (unpaired) electrons. The van der Waals surface area contributed by atoms with Gasteiger partial charge in [0.15, 0.2) is 0 Å². The minimum absolute atomic E-state index is 0.694. The maximum Gasteiger partial charge on any atom is 0.138 e. The molecule has 0 amide bonds. The van der Waals surface area contributed by atoms with Crippen LogP contribution in [0.1, 0.15) is 0 Å². The zero-order valence-electron chi connectivity index (χ0n) is 3.06. The Labute approximate surface area is 31.2 Å². The van der Waals surface area contributed by atoms with Crippen LogP contribution in [0.25, 0.3) is 0 Å². The monoisotopic (exact) mass is 72.0 g/mol. The van der Waals surface area contributed by atoms with Gasteiger partial charge in [-0.1, -0.05) is 0 Å². The molecule has 0 aliphatic heterocycles. The SMILES string of the molecule is CN[CH]C=O. The first kappa shape index (κ1) is 4.63. The fourth-order valence-corrected chi connectivity index (χ4v) is 0.0680. The summed E-state index contributed by atoms with van der Waals surface area (Å²) in [4.78, 5) is 9.29. The van der Waals surface area contributed by atoms with Gasteiger partial charge in [-0.05, 0) is 7.05 Å². The number of aldehydes is 1. The van der Waals surface area contributed by atoms with Gasteiger partial charge >= 0.3 is 0 Å². The number of likely N-dealkylation sites (N-methyl/N-ethyl adjacent to an activating group) is 1. The van der Waals surface area contributed by atoms with Crippen LogP contribution in [-0.4, -0.2) is 13.3 Å². The molecular weight excluding hydrogens is 66.0 g/mol. The van der Waals surface area contributed by atoms with Gasteiger partial charge in [-0.2, -0.15) is 0 Å². The second-order valence-electron chi connectivity index (χ2n) is 0.591. The first-order valence-electron chi connectivity index (χ1n) is 1.36. The average Bonchev–Trinajstić information content (AvgIpc) is 1.41. The lowest BCUT2D eigenvalue weighted by molar-refractivity contribution is -0.105. The van der Waals surface area contributed by atoms with Crippen LogP contribution in [-0.2, 0) is 4.79 Å². The molecule has 0 fully saturated rings. The van der Waals surface area contributed by atoms with Gasteiger partial charge in [0.25, 0.3) is 0 Å². The lowest BCUT2D eigenvalue weighted by atomic mass is 10.7. The molecule has 29 valence electrons.